The molecule has 13 heteroatoms. The number of carboxylic acid groups (broad SMARTS) is 1. The summed E-state index contributed by atoms with van der Waals surface area (Å²) in [6.07, 6.45) is 2.88. The maximum absolute atomic E-state index is 15.5. The molecule has 1 amide bonds. The van der Waals surface area contributed by atoms with E-state index in [0.29, 0.717) is 53.6 Å². The van der Waals surface area contributed by atoms with Gasteiger partial charge in [0.05, 0.1) is 46.3 Å². The molecule has 298 valence electrons. The first-order chi connectivity index (χ1) is 27.6. The lowest BCUT2D eigenvalue weighted by atomic mass is 9.98. The quantitative estimate of drug-likeness (QED) is 0.137. The Labute approximate surface area is 355 Å². The molecule has 0 saturated heterocycles. The largest absolute Gasteiger partial charge is 0.494 e. The minimum absolute atomic E-state index is 0.114. The van der Waals surface area contributed by atoms with E-state index < -0.39 is 5.97 Å². The molecule has 1 atom stereocenters. The van der Waals surface area contributed by atoms with Crippen LogP contribution in [-0.2, 0) is 20.0 Å². The van der Waals surface area contributed by atoms with Crippen LogP contribution in [0.15, 0.2) is 65.3 Å². The number of hydrogen-bond acceptors (Lipinski definition) is 5. The van der Waals surface area contributed by atoms with Gasteiger partial charge in [-0.05, 0) is 125 Å². The van der Waals surface area contributed by atoms with Gasteiger partial charge in [0.1, 0.15) is 17.1 Å². The van der Waals surface area contributed by atoms with E-state index in [1.54, 1.807) is 16.8 Å². The third kappa shape index (κ3) is 6.76. The lowest BCUT2D eigenvalue weighted by molar-refractivity contribution is 0.0686. The molecule has 3 aromatic carbocycles. The van der Waals surface area contributed by atoms with Crippen LogP contribution in [0.25, 0.3) is 32.9 Å². The second-order valence-electron chi connectivity index (χ2n) is 15.4. The lowest BCUT2D eigenvalue weighted by Gasteiger charge is -2.35. The number of halogens is 3. The molecule has 4 aromatic heterocycles. The zero-order valence-electron chi connectivity index (χ0n) is 33.4. The van der Waals surface area contributed by atoms with Gasteiger partial charge in [0.25, 0.3) is 5.91 Å². The molecule has 1 unspecified atom stereocenters. The van der Waals surface area contributed by atoms with Crippen molar-refractivity contribution in [1.29, 1.82) is 0 Å². The van der Waals surface area contributed by atoms with Crippen molar-refractivity contribution in [3.05, 3.63) is 126 Å². The summed E-state index contributed by atoms with van der Waals surface area (Å²) in [6, 6.07) is 17.0. The number of aromatic nitrogens is 5. The van der Waals surface area contributed by atoms with E-state index in [9.17, 15) is 9.90 Å². The third-order valence-corrected chi connectivity index (χ3v) is 12.7. The summed E-state index contributed by atoms with van der Waals surface area (Å²) in [5.41, 5.74) is 10.9. The number of benzene rings is 3. The Hall–Kier alpha value is -5.10. The first-order valence-corrected chi connectivity index (χ1v) is 20.7. The van der Waals surface area contributed by atoms with Crippen molar-refractivity contribution in [2.45, 2.75) is 67.0 Å². The molecule has 0 spiro atoms. The molecule has 0 saturated carbocycles. The molecule has 8 rings (SSSR count). The number of aryl methyl sites for hydroxylation is 6. The van der Waals surface area contributed by atoms with Crippen LogP contribution in [0.1, 0.15) is 79.7 Å². The van der Waals surface area contributed by atoms with Crippen molar-refractivity contribution in [2.24, 2.45) is 7.05 Å². The monoisotopic (exact) mass is 880 g/mol. The molecule has 0 fully saturated rings. The number of carbonyl (C=O) groups is 2. The Morgan fingerprint density at radius 2 is 1.72 bits per heavy atom. The van der Waals surface area contributed by atoms with Gasteiger partial charge < -0.3 is 23.9 Å². The predicted octanol–water partition coefficient (Wildman–Crippen LogP) is 11.0. The van der Waals surface area contributed by atoms with E-state index in [0.717, 1.165) is 76.3 Å². The fourth-order valence-electron chi connectivity index (χ4n) is 8.72. The molecule has 58 heavy (non-hydrogen) atoms. The van der Waals surface area contributed by atoms with Crippen LogP contribution in [0.5, 0.6) is 5.75 Å². The SMILES string of the molecule is Cc1cc(N2CC(C)n3c(c(CCCOc4cc(C)c(Cl)c(C)c4)c4ccc(Cl)c(-c5c(C)nn(C)c5C)c43)C2=O)c2c(c1)cc(C(=O)O)n2Cc1cc(Br)ccn1. The number of hydrogen-bond donors (Lipinski definition) is 1. The molecule has 10 nitrogen and oxygen atoms in total. The van der Waals surface area contributed by atoms with Crippen LogP contribution >= 0.6 is 39.1 Å². The van der Waals surface area contributed by atoms with Crippen LogP contribution in [-0.4, -0.2) is 54.0 Å². The Morgan fingerprint density at radius 1 is 0.983 bits per heavy atom. The van der Waals surface area contributed by atoms with Gasteiger partial charge in [0.15, 0.2) is 0 Å². The molecule has 0 radical (unpaired) electrons. The first kappa shape index (κ1) is 39.7. The van der Waals surface area contributed by atoms with Gasteiger partial charge in [-0.15, -0.1) is 0 Å². The van der Waals surface area contributed by atoms with Crippen molar-refractivity contribution in [2.75, 3.05) is 18.1 Å². The Morgan fingerprint density at radius 3 is 2.40 bits per heavy atom. The second-order valence-corrected chi connectivity index (χ2v) is 17.1. The summed E-state index contributed by atoms with van der Waals surface area (Å²) in [7, 11) is 1.92. The van der Waals surface area contributed by atoms with E-state index in [1.807, 2.05) is 99.8 Å². The van der Waals surface area contributed by atoms with E-state index in [2.05, 4.69) is 32.4 Å². The van der Waals surface area contributed by atoms with Crippen LogP contribution in [0, 0.1) is 34.6 Å². The minimum Gasteiger partial charge on any atom is -0.494 e. The van der Waals surface area contributed by atoms with Gasteiger partial charge >= 0.3 is 5.97 Å². The van der Waals surface area contributed by atoms with Crippen LogP contribution in [0.2, 0.25) is 10.0 Å². The van der Waals surface area contributed by atoms with Crippen LogP contribution < -0.4 is 9.64 Å². The molecule has 0 aliphatic carbocycles. The van der Waals surface area contributed by atoms with E-state index >= 15 is 4.79 Å². The third-order valence-electron chi connectivity index (χ3n) is 11.3. The van der Waals surface area contributed by atoms with Gasteiger partial charge in [-0.3, -0.25) is 14.5 Å². The number of rotatable bonds is 10. The maximum atomic E-state index is 15.5. The highest BCUT2D eigenvalue weighted by Gasteiger charge is 2.38. The van der Waals surface area contributed by atoms with Gasteiger partial charge in [-0.25, -0.2) is 4.79 Å². The van der Waals surface area contributed by atoms with Crippen molar-refractivity contribution in [3.8, 4) is 16.9 Å². The zero-order chi connectivity index (χ0) is 41.3. The fraction of sp³-hybridized carbons (Fsp3) is 0.289. The fourth-order valence-corrected chi connectivity index (χ4v) is 9.46. The molecule has 5 heterocycles. The van der Waals surface area contributed by atoms with Gasteiger partial charge in [0.2, 0.25) is 0 Å². The zero-order valence-corrected chi connectivity index (χ0v) is 36.5. The summed E-state index contributed by atoms with van der Waals surface area (Å²) in [4.78, 5) is 34.6. The number of carbonyl (C=O) groups excluding carboxylic acids is 1. The van der Waals surface area contributed by atoms with Crippen molar-refractivity contribution < 1.29 is 19.4 Å². The Balaban J connectivity index is 1.30. The molecular formula is C45H43BrCl2N6O4. The van der Waals surface area contributed by atoms with Gasteiger partial charge in [0, 0.05) is 62.9 Å². The number of carboxylic acids is 1. The summed E-state index contributed by atoms with van der Waals surface area (Å²) in [6.45, 7) is 13.0. The molecule has 0 bridgehead atoms. The standard InChI is InChI=1S/C45H43BrCl2N6O4/c1-23-15-29-19-37(45(56)57)52(22-31-20-30(46)12-13-49-31)41(29)36(16-23)53-21-26(4)54-42-34(10-11-35(47)39(42)38-27(5)50-51(7)28(38)6)33(43(54)44(53)55)9-8-14-58-32-17-24(2)40(48)25(3)18-32/h10-13,15-20,26H,8-9,14,21-22H2,1-7H3,(H,56,57). The Bertz CT molecular complexity index is 2810. The number of amides is 1. The number of ether oxygens (including phenoxy) is 1. The highest BCUT2D eigenvalue weighted by Crippen LogP contribution is 2.46. The lowest BCUT2D eigenvalue weighted by Crippen LogP contribution is -2.43. The molecular weight excluding hydrogens is 839 g/mol. The number of aromatic carboxylic acids is 1. The number of nitrogens with zero attached hydrogens (tertiary/aromatic N) is 6. The predicted molar refractivity (Wildman–Crippen MR) is 234 cm³/mol. The van der Waals surface area contributed by atoms with Crippen molar-refractivity contribution in [3.63, 3.8) is 0 Å². The molecule has 7 aromatic rings. The Kier molecular flexibility index (Phi) is 10.4. The average molecular weight is 883 g/mol. The smallest absolute Gasteiger partial charge is 0.352 e. The highest BCUT2D eigenvalue weighted by atomic mass is 79.9. The van der Waals surface area contributed by atoms with E-state index in [1.165, 1.54) is 0 Å². The van der Waals surface area contributed by atoms with Crippen LogP contribution in [0.4, 0.5) is 5.69 Å². The van der Waals surface area contributed by atoms with Crippen molar-refractivity contribution >= 4 is 78.5 Å². The maximum Gasteiger partial charge on any atom is 0.352 e. The topological polar surface area (TPSA) is 107 Å². The highest BCUT2D eigenvalue weighted by molar-refractivity contribution is 9.10. The van der Waals surface area contributed by atoms with Crippen molar-refractivity contribution in [1.82, 2.24) is 23.9 Å². The van der Waals surface area contributed by atoms with Gasteiger partial charge in [-0.1, -0.05) is 45.2 Å². The minimum atomic E-state index is -1.06. The van der Waals surface area contributed by atoms with E-state index in [4.69, 9.17) is 33.0 Å². The molecule has 1 aliphatic rings. The number of pyridine rings is 1. The summed E-state index contributed by atoms with van der Waals surface area (Å²) >= 11 is 17.1. The normalized spacial score (nSPS) is 14.2. The average Bonchev–Trinajstić information content (AvgIpc) is 3.78. The first-order valence-electron chi connectivity index (χ1n) is 19.2. The van der Waals surface area contributed by atoms with E-state index in [-0.39, 0.29) is 24.2 Å². The van der Waals surface area contributed by atoms with Gasteiger partial charge in [-0.2, -0.15) is 5.10 Å². The second kappa shape index (κ2) is 15.3. The molecule has 1 N–H and O–H groups in total. The number of anilines is 1. The molecule has 1 aliphatic heterocycles. The summed E-state index contributed by atoms with van der Waals surface area (Å²) in [5.74, 6) is -0.485. The summed E-state index contributed by atoms with van der Waals surface area (Å²) < 4.78 is 12.9. The summed E-state index contributed by atoms with van der Waals surface area (Å²) in [5, 5.41) is 18.2. The number of fused-ring (bicyclic) bond motifs is 4. The van der Waals surface area contributed by atoms with Crippen LogP contribution in [0.3, 0.4) is 0 Å².